The van der Waals surface area contributed by atoms with Crippen LogP contribution in [0.5, 0.6) is 0 Å². The summed E-state index contributed by atoms with van der Waals surface area (Å²) in [6.07, 6.45) is 4.12. The Balaban J connectivity index is 1.50. The number of carbonyl (C=O) groups excluding carboxylic acids is 2. The summed E-state index contributed by atoms with van der Waals surface area (Å²) < 4.78 is 13.3. The molecule has 1 atom stereocenters. The van der Waals surface area contributed by atoms with E-state index in [2.05, 4.69) is 10.2 Å². The lowest BCUT2D eigenvalue weighted by molar-refractivity contribution is -0.119. The van der Waals surface area contributed by atoms with E-state index in [1.54, 1.807) is 34.2 Å². The third-order valence-electron chi connectivity index (χ3n) is 6.15. The Morgan fingerprint density at radius 3 is 2.75 bits per heavy atom. The number of amides is 2. The van der Waals surface area contributed by atoms with Crippen molar-refractivity contribution in [2.75, 3.05) is 11.4 Å². The minimum absolute atomic E-state index is 0.0253. The predicted octanol–water partition coefficient (Wildman–Crippen LogP) is 3.10. The highest BCUT2D eigenvalue weighted by molar-refractivity contribution is 5.95. The van der Waals surface area contributed by atoms with Gasteiger partial charge in [0.25, 0.3) is 5.91 Å². The first-order valence-electron chi connectivity index (χ1n) is 10.7. The van der Waals surface area contributed by atoms with Crippen molar-refractivity contribution in [2.24, 2.45) is 0 Å². The molecule has 0 aliphatic carbocycles. The fourth-order valence-corrected chi connectivity index (χ4v) is 4.50. The van der Waals surface area contributed by atoms with Crippen LogP contribution >= 0.6 is 0 Å². The van der Waals surface area contributed by atoms with Crippen LogP contribution in [0, 0.1) is 12.7 Å². The SMILES string of the molecule is Cc1nc(C2CCCN2C(=O)c2ccn[nH]2)nc2c1CCC(=O)N2Cc1ccc(F)cc1. The highest BCUT2D eigenvalue weighted by atomic mass is 19.1. The Labute approximate surface area is 184 Å². The summed E-state index contributed by atoms with van der Waals surface area (Å²) in [6, 6.07) is 7.51. The molecule has 8 nitrogen and oxygen atoms in total. The van der Waals surface area contributed by atoms with Gasteiger partial charge in [0.1, 0.15) is 17.3 Å². The van der Waals surface area contributed by atoms with E-state index in [-0.39, 0.29) is 23.7 Å². The molecule has 5 rings (SSSR count). The van der Waals surface area contributed by atoms with Crippen LogP contribution in [0.25, 0.3) is 0 Å². The van der Waals surface area contributed by atoms with Crippen molar-refractivity contribution in [3.8, 4) is 0 Å². The van der Waals surface area contributed by atoms with E-state index >= 15 is 0 Å². The quantitative estimate of drug-likeness (QED) is 0.681. The summed E-state index contributed by atoms with van der Waals surface area (Å²) in [4.78, 5) is 38.7. The second-order valence-electron chi connectivity index (χ2n) is 8.20. The Morgan fingerprint density at radius 2 is 2.00 bits per heavy atom. The van der Waals surface area contributed by atoms with Crippen molar-refractivity contribution >= 4 is 17.6 Å². The number of benzene rings is 1. The van der Waals surface area contributed by atoms with Gasteiger partial charge in [0.2, 0.25) is 5.91 Å². The molecule has 32 heavy (non-hydrogen) atoms. The third-order valence-corrected chi connectivity index (χ3v) is 6.15. The summed E-state index contributed by atoms with van der Waals surface area (Å²) in [5.41, 5.74) is 3.02. The molecule has 1 aromatic carbocycles. The highest BCUT2D eigenvalue weighted by Gasteiger charge is 2.35. The maximum Gasteiger partial charge on any atom is 0.272 e. The lowest BCUT2D eigenvalue weighted by atomic mass is 10.0. The number of rotatable bonds is 4. The lowest BCUT2D eigenvalue weighted by Gasteiger charge is -2.31. The number of nitrogens with zero attached hydrogens (tertiary/aromatic N) is 5. The summed E-state index contributed by atoms with van der Waals surface area (Å²) in [5, 5.41) is 6.61. The molecule has 3 aromatic rings. The van der Waals surface area contributed by atoms with E-state index in [9.17, 15) is 14.0 Å². The minimum Gasteiger partial charge on any atom is -0.327 e. The molecule has 4 heterocycles. The van der Waals surface area contributed by atoms with Crippen LogP contribution in [-0.4, -0.2) is 43.4 Å². The first-order valence-corrected chi connectivity index (χ1v) is 10.7. The zero-order chi connectivity index (χ0) is 22.2. The number of aryl methyl sites for hydroxylation is 1. The van der Waals surface area contributed by atoms with Crippen molar-refractivity contribution in [2.45, 2.75) is 45.2 Å². The van der Waals surface area contributed by atoms with Crippen LogP contribution in [-0.2, 0) is 17.8 Å². The molecule has 1 N–H and O–H groups in total. The number of fused-ring (bicyclic) bond motifs is 1. The number of hydrogen-bond donors (Lipinski definition) is 1. The summed E-state index contributed by atoms with van der Waals surface area (Å²) in [7, 11) is 0. The standard InChI is InChI=1S/C23H23FN6O2/c1-14-17-8-9-20(31)30(13-15-4-6-16(24)7-5-15)22(17)27-21(26-14)19-3-2-12-29(19)23(32)18-10-11-25-28-18/h4-7,10-11,19H,2-3,8-9,12-13H2,1H3,(H,25,28). The molecule has 2 aromatic heterocycles. The molecule has 1 saturated heterocycles. The Hall–Kier alpha value is -3.62. The van der Waals surface area contributed by atoms with E-state index in [0.29, 0.717) is 43.3 Å². The molecule has 1 unspecified atom stereocenters. The van der Waals surface area contributed by atoms with Gasteiger partial charge in [-0.15, -0.1) is 0 Å². The molecule has 1 fully saturated rings. The number of nitrogens with one attached hydrogen (secondary N) is 1. The van der Waals surface area contributed by atoms with E-state index in [4.69, 9.17) is 9.97 Å². The molecule has 0 spiro atoms. The number of halogens is 1. The van der Waals surface area contributed by atoms with Gasteiger partial charge in [-0.05, 0) is 49.9 Å². The molecule has 2 amide bonds. The number of hydrogen-bond acceptors (Lipinski definition) is 5. The zero-order valence-corrected chi connectivity index (χ0v) is 17.7. The van der Waals surface area contributed by atoms with E-state index < -0.39 is 0 Å². The Morgan fingerprint density at radius 1 is 1.19 bits per heavy atom. The smallest absolute Gasteiger partial charge is 0.272 e. The maximum absolute atomic E-state index is 13.3. The van der Waals surface area contributed by atoms with E-state index in [1.807, 2.05) is 6.92 Å². The molecule has 0 saturated carbocycles. The van der Waals surface area contributed by atoms with E-state index in [0.717, 1.165) is 29.7 Å². The first-order chi connectivity index (χ1) is 15.5. The molecule has 0 bridgehead atoms. The number of likely N-dealkylation sites (tertiary alicyclic amines) is 1. The normalized spacial score (nSPS) is 18.2. The fraction of sp³-hybridized carbons (Fsp3) is 0.348. The topological polar surface area (TPSA) is 95.1 Å². The number of anilines is 1. The summed E-state index contributed by atoms with van der Waals surface area (Å²) in [5.74, 6) is 0.660. The second kappa shape index (κ2) is 8.14. The number of aromatic nitrogens is 4. The number of aromatic amines is 1. The van der Waals surface area contributed by atoms with Crippen molar-refractivity contribution in [1.29, 1.82) is 0 Å². The van der Waals surface area contributed by atoms with Gasteiger partial charge in [-0.3, -0.25) is 19.6 Å². The van der Waals surface area contributed by atoms with Crippen molar-refractivity contribution < 1.29 is 14.0 Å². The Kier molecular flexibility index (Phi) is 5.16. The molecule has 2 aliphatic heterocycles. The average molecular weight is 434 g/mol. The average Bonchev–Trinajstić information content (AvgIpc) is 3.49. The van der Waals surface area contributed by atoms with E-state index in [1.165, 1.54) is 12.1 Å². The third kappa shape index (κ3) is 3.63. The van der Waals surface area contributed by atoms with Crippen LogP contribution in [0.4, 0.5) is 10.2 Å². The maximum atomic E-state index is 13.3. The summed E-state index contributed by atoms with van der Waals surface area (Å²) in [6.45, 7) is 2.84. The summed E-state index contributed by atoms with van der Waals surface area (Å²) >= 11 is 0. The number of H-pyrrole nitrogens is 1. The molecule has 164 valence electrons. The van der Waals surface area contributed by atoms with Crippen LogP contribution in [0.3, 0.4) is 0 Å². The van der Waals surface area contributed by atoms with Crippen molar-refractivity contribution in [3.63, 3.8) is 0 Å². The highest BCUT2D eigenvalue weighted by Crippen LogP contribution is 2.35. The second-order valence-corrected chi connectivity index (χ2v) is 8.20. The van der Waals surface area contributed by atoms with Crippen LogP contribution < -0.4 is 4.90 Å². The van der Waals surface area contributed by atoms with Gasteiger partial charge in [-0.1, -0.05) is 12.1 Å². The molecular formula is C23H23FN6O2. The molecule has 2 aliphatic rings. The minimum atomic E-state index is -0.317. The van der Waals surface area contributed by atoms with Crippen molar-refractivity contribution in [1.82, 2.24) is 25.1 Å². The van der Waals surface area contributed by atoms with Crippen LogP contribution in [0.2, 0.25) is 0 Å². The van der Waals surface area contributed by atoms with Gasteiger partial charge in [0, 0.05) is 30.4 Å². The lowest BCUT2D eigenvalue weighted by Crippen LogP contribution is -2.37. The van der Waals surface area contributed by atoms with Gasteiger partial charge in [0.05, 0.1) is 12.6 Å². The van der Waals surface area contributed by atoms with Crippen LogP contribution in [0.15, 0.2) is 36.5 Å². The predicted molar refractivity (Wildman–Crippen MR) is 114 cm³/mol. The van der Waals surface area contributed by atoms with Gasteiger partial charge in [0.15, 0.2) is 5.82 Å². The van der Waals surface area contributed by atoms with Gasteiger partial charge in [-0.2, -0.15) is 5.10 Å². The fourth-order valence-electron chi connectivity index (χ4n) is 4.50. The van der Waals surface area contributed by atoms with Crippen LogP contribution in [0.1, 0.15) is 58.4 Å². The molecule has 9 heteroatoms. The number of carbonyl (C=O) groups is 2. The van der Waals surface area contributed by atoms with Crippen molar-refractivity contribution in [3.05, 3.63) is 70.7 Å². The zero-order valence-electron chi connectivity index (χ0n) is 17.7. The van der Waals surface area contributed by atoms with Gasteiger partial charge < -0.3 is 4.90 Å². The van der Waals surface area contributed by atoms with Gasteiger partial charge >= 0.3 is 0 Å². The Bertz CT molecular complexity index is 1160. The molecular weight excluding hydrogens is 411 g/mol. The molecule has 0 radical (unpaired) electrons. The first kappa shape index (κ1) is 20.3. The van der Waals surface area contributed by atoms with Gasteiger partial charge in [-0.25, -0.2) is 14.4 Å². The monoisotopic (exact) mass is 434 g/mol. The largest absolute Gasteiger partial charge is 0.327 e.